The minimum Gasteiger partial charge on any atom is -0.461 e. The Morgan fingerprint density at radius 2 is 1.61 bits per heavy atom. The van der Waals surface area contributed by atoms with Crippen molar-refractivity contribution in [1.29, 1.82) is 0 Å². The second-order valence-electron chi connectivity index (χ2n) is 3.95. The summed E-state index contributed by atoms with van der Waals surface area (Å²) in [7, 11) is 0. The number of carbonyl (C=O) groups excluding carboxylic acids is 1. The van der Waals surface area contributed by atoms with E-state index in [-0.39, 0.29) is 5.97 Å². The van der Waals surface area contributed by atoms with Crippen molar-refractivity contribution in [3.05, 3.63) is 70.2 Å². The molecule has 3 heteroatoms. The van der Waals surface area contributed by atoms with E-state index in [9.17, 15) is 4.79 Å². The van der Waals surface area contributed by atoms with Crippen LogP contribution in [0, 0.1) is 0 Å². The number of hydrogen-bond acceptors (Lipinski definition) is 2. The van der Waals surface area contributed by atoms with E-state index in [2.05, 4.69) is 15.9 Å². The highest BCUT2D eigenvalue weighted by molar-refractivity contribution is 9.10. The predicted octanol–water partition coefficient (Wildman–Crippen LogP) is 3.74. The molecular formula is C15H13BrO2. The third-order valence-electron chi connectivity index (χ3n) is 2.50. The maximum absolute atomic E-state index is 11.6. The average Bonchev–Trinajstić information content (AvgIpc) is 2.40. The lowest BCUT2D eigenvalue weighted by molar-refractivity contribution is -0.144. The molecule has 0 spiro atoms. The fraction of sp³-hybridized carbons (Fsp3) is 0.133. The summed E-state index contributed by atoms with van der Waals surface area (Å²) in [6.07, 6.45) is 0.306. The van der Waals surface area contributed by atoms with Crippen LogP contribution in [0.25, 0.3) is 0 Å². The van der Waals surface area contributed by atoms with Crippen molar-refractivity contribution in [2.45, 2.75) is 13.0 Å². The Bertz CT molecular complexity index is 506. The topological polar surface area (TPSA) is 26.3 Å². The van der Waals surface area contributed by atoms with Gasteiger partial charge in [-0.15, -0.1) is 0 Å². The van der Waals surface area contributed by atoms with Crippen LogP contribution in [-0.4, -0.2) is 5.97 Å². The van der Waals surface area contributed by atoms with Gasteiger partial charge in [-0.3, -0.25) is 4.79 Å². The molecule has 0 fully saturated rings. The van der Waals surface area contributed by atoms with Crippen molar-refractivity contribution in [2.24, 2.45) is 0 Å². The molecule has 2 nitrogen and oxygen atoms in total. The molecule has 0 radical (unpaired) electrons. The molecule has 0 aliphatic rings. The molecule has 2 rings (SSSR count). The molecule has 0 aliphatic heterocycles. The van der Waals surface area contributed by atoms with Crippen molar-refractivity contribution in [3.63, 3.8) is 0 Å². The van der Waals surface area contributed by atoms with Crippen LogP contribution < -0.4 is 0 Å². The van der Waals surface area contributed by atoms with Gasteiger partial charge in [0.1, 0.15) is 6.61 Å². The van der Waals surface area contributed by atoms with Gasteiger partial charge in [0.05, 0.1) is 6.42 Å². The van der Waals surface area contributed by atoms with Crippen molar-refractivity contribution < 1.29 is 9.53 Å². The van der Waals surface area contributed by atoms with Crippen LogP contribution in [0.5, 0.6) is 0 Å². The van der Waals surface area contributed by atoms with Gasteiger partial charge in [-0.05, 0) is 23.3 Å². The largest absolute Gasteiger partial charge is 0.461 e. The Balaban J connectivity index is 1.84. The van der Waals surface area contributed by atoms with Gasteiger partial charge < -0.3 is 4.74 Å². The molecule has 2 aromatic rings. The standard InChI is InChI=1S/C15H13BrO2/c16-14-8-6-12(7-9-14)10-15(17)18-11-13-4-2-1-3-5-13/h1-9H,10-11H2. The van der Waals surface area contributed by atoms with E-state index in [4.69, 9.17) is 4.74 Å². The summed E-state index contributed by atoms with van der Waals surface area (Å²) in [5.41, 5.74) is 1.96. The first-order chi connectivity index (χ1) is 8.74. The molecule has 0 saturated heterocycles. The van der Waals surface area contributed by atoms with E-state index in [1.165, 1.54) is 0 Å². The van der Waals surface area contributed by atoms with E-state index in [1.807, 2.05) is 54.6 Å². The van der Waals surface area contributed by atoms with Gasteiger partial charge in [-0.25, -0.2) is 0 Å². The number of ether oxygens (including phenoxy) is 1. The van der Waals surface area contributed by atoms with Gasteiger partial charge >= 0.3 is 5.97 Å². The molecule has 0 atom stereocenters. The van der Waals surface area contributed by atoms with Gasteiger partial charge in [-0.1, -0.05) is 58.4 Å². The quantitative estimate of drug-likeness (QED) is 0.805. The number of benzene rings is 2. The molecule has 0 bridgehead atoms. The first kappa shape index (κ1) is 12.8. The smallest absolute Gasteiger partial charge is 0.310 e. The summed E-state index contributed by atoms with van der Waals surface area (Å²) in [4.78, 5) is 11.6. The molecular weight excluding hydrogens is 292 g/mol. The molecule has 0 amide bonds. The maximum Gasteiger partial charge on any atom is 0.310 e. The number of carbonyl (C=O) groups is 1. The summed E-state index contributed by atoms with van der Waals surface area (Å²) in [5, 5.41) is 0. The van der Waals surface area contributed by atoms with E-state index < -0.39 is 0 Å². The minimum absolute atomic E-state index is 0.207. The molecule has 0 aromatic heterocycles. The van der Waals surface area contributed by atoms with Crippen LogP contribution in [0.2, 0.25) is 0 Å². The first-order valence-corrected chi connectivity index (χ1v) is 6.47. The number of esters is 1. The lowest BCUT2D eigenvalue weighted by Gasteiger charge is -2.05. The van der Waals surface area contributed by atoms with Gasteiger partial charge in [0.25, 0.3) is 0 Å². The van der Waals surface area contributed by atoms with Gasteiger partial charge in [0.15, 0.2) is 0 Å². The summed E-state index contributed by atoms with van der Waals surface area (Å²) in [5.74, 6) is -0.207. The molecule has 0 heterocycles. The highest BCUT2D eigenvalue weighted by atomic mass is 79.9. The van der Waals surface area contributed by atoms with Crippen molar-refractivity contribution in [3.8, 4) is 0 Å². The average molecular weight is 305 g/mol. The van der Waals surface area contributed by atoms with Crippen molar-refractivity contribution in [2.75, 3.05) is 0 Å². The Hall–Kier alpha value is -1.61. The van der Waals surface area contributed by atoms with E-state index in [1.54, 1.807) is 0 Å². The molecule has 18 heavy (non-hydrogen) atoms. The molecule has 2 aromatic carbocycles. The lowest BCUT2D eigenvalue weighted by atomic mass is 10.1. The number of halogens is 1. The second kappa shape index (κ2) is 6.36. The van der Waals surface area contributed by atoms with Crippen LogP contribution in [0.3, 0.4) is 0 Å². The lowest BCUT2D eigenvalue weighted by Crippen LogP contribution is -2.07. The number of rotatable bonds is 4. The summed E-state index contributed by atoms with van der Waals surface area (Å²) in [6.45, 7) is 0.330. The molecule has 0 aliphatic carbocycles. The Labute approximate surface area is 115 Å². The maximum atomic E-state index is 11.6. The normalized spacial score (nSPS) is 10.1. The van der Waals surface area contributed by atoms with E-state index in [0.29, 0.717) is 13.0 Å². The second-order valence-corrected chi connectivity index (χ2v) is 4.87. The van der Waals surface area contributed by atoms with Gasteiger partial charge in [0, 0.05) is 4.47 Å². The van der Waals surface area contributed by atoms with E-state index in [0.717, 1.165) is 15.6 Å². The zero-order valence-corrected chi connectivity index (χ0v) is 11.4. The van der Waals surface area contributed by atoms with Crippen molar-refractivity contribution >= 4 is 21.9 Å². The van der Waals surface area contributed by atoms with Crippen LogP contribution in [0.15, 0.2) is 59.1 Å². The fourth-order valence-corrected chi connectivity index (χ4v) is 1.82. The zero-order valence-electron chi connectivity index (χ0n) is 9.80. The van der Waals surface area contributed by atoms with Crippen LogP contribution in [-0.2, 0) is 22.6 Å². The minimum atomic E-state index is -0.207. The Kier molecular flexibility index (Phi) is 4.53. The predicted molar refractivity (Wildman–Crippen MR) is 74.1 cm³/mol. The fourth-order valence-electron chi connectivity index (χ4n) is 1.56. The molecule has 0 unspecified atom stereocenters. The van der Waals surface area contributed by atoms with Crippen molar-refractivity contribution in [1.82, 2.24) is 0 Å². The van der Waals surface area contributed by atoms with Crippen LogP contribution in [0.1, 0.15) is 11.1 Å². The van der Waals surface area contributed by atoms with Gasteiger partial charge in [-0.2, -0.15) is 0 Å². The summed E-state index contributed by atoms with van der Waals surface area (Å²) >= 11 is 3.36. The molecule has 92 valence electrons. The monoisotopic (exact) mass is 304 g/mol. The number of hydrogen-bond donors (Lipinski definition) is 0. The summed E-state index contributed by atoms with van der Waals surface area (Å²) < 4.78 is 6.22. The van der Waals surface area contributed by atoms with Gasteiger partial charge in [0.2, 0.25) is 0 Å². The molecule has 0 saturated carbocycles. The third kappa shape index (κ3) is 4.00. The highest BCUT2D eigenvalue weighted by Gasteiger charge is 2.05. The first-order valence-electron chi connectivity index (χ1n) is 5.68. The summed E-state index contributed by atoms with van der Waals surface area (Å²) in [6, 6.07) is 17.3. The zero-order chi connectivity index (χ0) is 12.8. The van der Waals surface area contributed by atoms with Crippen LogP contribution in [0.4, 0.5) is 0 Å². The third-order valence-corrected chi connectivity index (χ3v) is 3.03. The van der Waals surface area contributed by atoms with Crippen LogP contribution >= 0.6 is 15.9 Å². The highest BCUT2D eigenvalue weighted by Crippen LogP contribution is 2.11. The Morgan fingerprint density at radius 1 is 0.944 bits per heavy atom. The Morgan fingerprint density at radius 3 is 2.28 bits per heavy atom. The van der Waals surface area contributed by atoms with E-state index >= 15 is 0 Å². The molecule has 0 N–H and O–H groups in total. The SMILES string of the molecule is O=C(Cc1ccc(Br)cc1)OCc1ccccc1.